The molecule has 17 heavy (non-hydrogen) atoms. The monoisotopic (exact) mass is 250 g/mol. The van der Waals surface area contributed by atoms with E-state index < -0.39 is 0 Å². The van der Waals surface area contributed by atoms with E-state index in [9.17, 15) is 0 Å². The molecule has 0 heterocycles. The second-order valence-electron chi connectivity index (χ2n) is 5.20. The lowest BCUT2D eigenvalue weighted by molar-refractivity contribution is 0.360. The molecule has 0 spiro atoms. The van der Waals surface area contributed by atoms with E-state index in [0.717, 1.165) is 11.5 Å². The first kappa shape index (κ1) is 14.2. The highest BCUT2D eigenvalue weighted by atomic mass is 32.1. The van der Waals surface area contributed by atoms with E-state index in [2.05, 4.69) is 58.5 Å². The van der Waals surface area contributed by atoms with E-state index in [1.807, 2.05) is 12.2 Å². The zero-order valence-corrected chi connectivity index (χ0v) is 12.1. The average molecular weight is 250 g/mol. The van der Waals surface area contributed by atoms with Crippen LogP contribution in [-0.2, 0) is 5.41 Å². The summed E-state index contributed by atoms with van der Waals surface area (Å²) in [7, 11) is 0. The van der Waals surface area contributed by atoms with E-state index in [1.54, 1.807) is 0 Å². The molecule has 0 bridgehead atoms. The van der Waals surface area contributed by atoms with Gasteiger partial charge >= 0.3 is 0 Å². The van der Waals surface area contributed by atoms with Gasteiger partial charge in [0.1, 0.15) is 12.4 Å². The minimum Gasteiger partial charge on any atom is -0.489 e. The van der Waals surface area contributed by atoms with Crippen molar-refractivity contribution in [3.63, 3.8) is 0 Å². The molecule has 1 rings (SSSR count). The molecule has 0 radical (unpaired) electrons. The predicted molar refractivity (Wildman–Crippen MR) is 78.4 cm³/mol. The van der Waals surface area contributed by atoms with Gasteiger partial charge in [-0.1, -0.05) is 45.1 Å². The molecule has 0 aliphatic heterocycles. The zero-order chi connectivity index (χ0) is 12.9. The lowest BCUT2D eigenvalue weighted by Gasteiger charge is -2.20. The second-order valence-corrected chi connectivity index (χ2v) is 5.56. The van der Waals surface area contributed by atoms with Crippen molar-refractivity contribution >= 4 is 12.6 Å². The Balaban J connectivity index is 2.73. The minimum atomic E-state index is 0.190. The normalized spacial score (nSPS) is 12.1. The molecule has 0 amide bonds. The summed E-state index contributed by atoms with van der Waals surface area (Å²) in [4.78, 5) is 0. The van der Waals surface area contributed by atoms with Gasteiger partial charge in [0.05, 0.1) is 0 Å². The van der Waals surface area contributed by atoms with Crippen LogP contribution in [0.5, 0.6) is 5.75 Å². The van der Waals surface area contributed by atoms with Crippen LogP contribution in [-0.4, -0.2) is 12.4 Å². The highest BCUT2D eigenvalue weighted by Crippen LogP contribution is 2.27. The first-order valence-electron chi connectivity index (χ1n) is 5.95. The summed E-state index contributed by atoms with van der Waals surface area (Å²) in [6.45, 7) is 9.36. The number of rotatable bonds is 4. The maximum Gasteiger partial charge on any atom is 0.122 e. The fourth-order valence-electron chi connectivity index (χ4n) is 1.56. The van der Waals surface area contributed by atoms with Crippen LogP contribution in [0.15, 0.2) is 30.4 Å². The molecule has 94 valence electrons. The molecule has 0 unspecified atom stereocenters. The van der Waals surface area contributed by atoms with Crippen molar-refractivity contribution < 1.29 is 4.74 Å². The Morgan fingerprint density at radius 3 is 2.47 bits per heavy atom. The molecule has 0 N–H and O–H groups in total. The summed E-state index contributed by atoms with van der Waals surface area (Å²) in [5.74, 6) is 1.72. The Labute approximate surface area is 110 Å². The van der Waals surface area contributed by atoms with Crippen LogP contribution in [0.1, 0.15) is 31.9 Å². The van der Waals surface area contributed by atoms with Gasteiger partial charge < -0.3 is 4.74 Å². The van der Waals surface area contributed by atoms with Gasteiger partial charge in [-0.2, -0.15) is 12.6 Å². The summed E-state index contributed by atoms with van der Waals surface area (Å²) in [6, 6.07) is 6.41. The molecule has 0 aliphatic carbocycles. The molecule has 0 aromatic heterocycles. The fraction of sp³-hybridized carbons (Fsp3) is 0.467. The molecule has 0 saturated heterocycles. The van der Waals surface area contributed by atoms with Crippen molar-refractivity contribution in [3.05, 3.63) is 41.5 Å². The Kier molecular flexibility index (Phi) is 5.13. The van der Waals surface area contributed by atoms with Crippen LogP contribution < -0.4 is 4.74 Å². The Morgan fingerprint density at radius 1 is 1.24 bits per heavy atom. The van der Waals surface area contributed by atoms with Gasteiger partial charge in [-0.15, -0.1) is 0 Å². The summed E-state index contributed by atoms with van der Waals surface area (Å²) >= 11 is 4.10. The van der Waals surface area contributed by atoms with Crippen LogP contribution in [0.3, 0.4) is 0 Å². The first-order valence-corrected chi connectivity index (χ1v) is 6.58. The summed E-state index contributed by atoms with van der Waals surface area (Å²) in [5, 5.41) is 0. The van der Waals surface area contributed by atoms with E-state index in [4.69, 9.17) is 4.74 Å². The predicted octanol–water partition coefficient (Wildman–Crippen LogP) is 4.16. The van der Waals surface area contributed by atoms with Crippen molar-refractivity contribution in [3.8, 4) is 5.75 Å². The van der Waals surface area contributed by atoms with Gasteiger partial charge in [0, 0.05) is 5.75 Å². The van der Waals surface area contributed by atoms with Crippen molar-refractivity contribution in [2.45, 2.75) is 33.1 Å². The standard InChI is InChI=1S/C15H22OS/c1-12-11-13(15(2,3)4)7-8-14(12)16-9-5-6-10-17/h5-8,11,17H,9-10H2,1-4H3. The highest BCUT2D eigenvalue weighted by Gasteiger charge is 2.14. The number of aryl methyl sites for hydroxylation is 1. The molecular formula is C15H22OS. The molecule has 2 heteroatoms. The number of ether oxygens (including phenoxy) is 1. The topological polar surface area (TPSA) is 9.23 Å². The largest absolute Gasteiger partial charge is 0.489 e. The summed E-state index contributed by atoms with van der Waals surface area (Å²) in [6.07, 6.45) is 3.98. The SMILES string of the molecule is Cc1cc(C(C)(C)C)ccc1OCC=CCS. The van der Waals surface area contributed by atoms with Gasteiger partial charge in [-0.25, -0.2) is 0 Å². The number of thiol groups is 1. The van der Waals surface area contributed by atoms with Gasteiger partial charge in [0.25, 0.3) is 0 Å². The van der Waals surface area contributed by atoms with E-state index in [0.29, 0.717) is 6.61 Å². The average Bonchev–Trinajstić information content (AvgIpc) is 2.24. The molecule has 0 fully saturated rings. The van der Waals surface area contributed by atoms with E-state index in [-0.39, 0.29) is 5.41 Å². The van der Waals surface area contributed by atoms with Crippen LogP contribution in [0, 0.1) is 6.92 Å². The third-order valence-electron chi connectivity index (χ3n) is 2.65. The zero-order valence-electron chi connectivity index (χ0n) is 11.2. The van der Waals surface area contributed by atoms with Crippen molar-refractivity contribution in [1.29, 1.82) is 0 Å². The first-order chi connectivity index (χ1) is 7.95. The molecular weight excluding hydrogens is 228 g/mol. The Hall–Kier alpha value is -0.890. The smallest absolute Gasteiger partial charge is 0.122 e. The fourth-order valence-corrected chi connectivity index (χ4v) is 1.71. The Morgan fingerprint density at radius 2 is 1.94 bits per heavy atom. The van der Waals surface area contributed by atoms with Crippen LogP contribution in [0.25, 0.3) is 0 Å². The minimum absolute atomic E-state index is 0.190. The van der Waals surface area contributed by atoms with E-state index in [1.165, 1.54) is 11.1 Å². The van der Waals surface area contributed by atoms with Crippen LogP contribution in [0.4, 0.5) is 0 Å². The maximum absolute atomic E-state index is 5.69. The number of hydrogen-bond acceptors (Lipinski definition) is 2. The third-order valence-corrected chi connectivity index (χ3v) is 2.86. The quantitative estimate of drug-likeness (QED) is 0.623. The van der Waals surface area contributed by atoms with Crippen LogP contribution >= 0.6 is 12.6 Å². The second kappa shape index (κ2) is 6.15. The highest BCUT2D eigenvalue weighted by molar-refractivity contribution is 7.80. The number of benzene rings is 1. The molecule has 1 nitrogen and oxygen atoms in total. The summed E-state index contributed by atoms with van der Waals surface area (Å²) < 4.78 is 5.69. The van der Waals surface area contributed by atoms with Gasteiger partial charge in [-0.3, -0.25) is 0 Å². The van der Waals surface area contributed by atoms with Crippen molar-refractivity contribution in [2.24, 2.45) is 0 Å². The van der Waals surface area contributed by atoms with E-state index >= 15 is 0 Å². The van der Waals surface area contributed by atoms with Crippen molar-refractivity contribution in [2.75, 3.05) is 12.4 Å². The van der Waals surface area contributed by atoms with Crippen molar-refractivity contribution in [1.82, 2.24) is 0 Å². The Bertz CT molecular complexity index is 388. The molecule has 1 aromatic rings. The maximum atomic E-state index is 5.69. The third kappa shape index (κ3) is 4.47. The van der Waals surface area contributed by atoms with Gasteiger partial charge in [-0.05, 0) is 29.5 Å². The van der Waals surface area contributed by atoms with Gasteiger partial charge in [0.15, 0.2) is 0 Å². The molecule has 0 aliphatic rings. The lowest BCUT2D eigenvalue weighted by atomic mass is 9.86. The van der Waals surface area contributed by atoms with Crippen LogP contribution in [0.2, 0.25) is 0 Å². The molecule has 1 aromatic carbocycles. The van der Waals surface area contributed by atoms with Gasteiger partial charge in [0.2, 0.25) is 0 Å². The summed E-state index contributed by atoms with van der Waals surface area (Å²) in [5.41, 5.74) is 2.72. The number of hydrogen-bond donors (Lipinski definition) is 1. The molecule has 0 atom stereocenters. The molecule has 0 saturated carbocycles. The lowest BCUT2D eigenvalue weighted by Crippen LogP contribution is -2.11.